The Kier molecular flexibility index (Phi) is 7.73. The molecule has 0 saturated carbocycles. The van der Waals surface area contributed by atoms with Crippen LogP contribution in [-0.2, 0) is 0 Å². The highest BCUT2D eigenvalue weighted by atomic mass is 14.1. The summed E-state index contributed by atoms with van der Waals surface area (Å²) in [5.41, 5.74) is 2.59. The molecule has 0 N–H and O–H groups in total. The minimum absolute atomic E-state index is 0.682. The Bertz CT molecular complexity index is 305. The third kappa shape index (κ3) is 7.35. The topological polar surface area (TPSA) is 0 Å². The van der Waals surface area contributed by atoms with E-state index in [4.69, 9.17) is 0 Å². The molecule has 0 spiro atoms. The largest absolute Gasteiger partial charge is 0.102 e. The van der Waals surface area contributed by atoms with E-state index >= 15 is 0 Å². The molecule has 0 aromatic carbocycles. The van der Waals surface area contributed by atoms with Gasteiger partial charge in [-0.05, 0) is 44.6 Å². The van der Waals surface area contributed by atoms with Crippen molar-refractivity contribution in [2.75, 3.05) is 0 Å². The van der Waals surface area contributed by atoms with Crippen LogP contribution in [0.15, 0.2) is 23.3 Å². The molecule has 0 aliphatic heterocycles. The van der Waals surface area contributed by atoms with Gasteiger partial charge in [-0.25, -0.2) is 0 Å². The molecule has 16 heavy (non-hydrogen) atoms. The van der Waals surface area contributed by atoms with Crippen molar-refractivity contribution >= 4 is 0 Å². The summed E-state index contributed by atoms with van der Waals surface area (Å²) in [5.74, 6) is 7.46. The molecule has 1 atom stereocenters. The lowest BCUT2D eigenvalue weighted by Crippen LogP contribution is -1.99. The van der Waals surface area contributed by atoms with Gasteiger partial charge in [0, 0.05) is 0 Å². The molecule has 0 nitrogen and oxygen atoms in total. The molecule has 90 valence electrons. The molecule has 0 amide bonds. The molecule has 0 rings (SSSR count). The maximum atomic E-state index is 3.06. The molecular weight excluding hydrogens is 192 g/mol. The summed E-state index contributed by atoms with van der Waals surface area (Å²) >= 11 is 0. The zero-order valence-electron chi connectivity index (χ0n) is 11.7. The van der Waals surface area contributed by atoms with Gasteiger partial charge in [-0.3, -0.25) is 0 Å². The van der Waals surface area contributed by atoms with Crippen molar-refractivity contribution < 1.29 is 0 Å². The van der Waals surface area contributed by atoms with Crippen LogP contribution >= 0.6 is 0 Å². The highest BCUT2D eigenvalue weighted by Gasteiger charge is 2.04. The highest BCUT2D eigenvalue weighted by Crippen LogP contribution is 2.19. The van der Waals surface area contributed by atoms with Gasteiger partial charge in [-0.2, -0.15) is 0 Å². The molecule has 0 fully saturated rings. The van der Waals surface area contributed by atoms with Crippen LogP contribution in [0.25, 0.3) is 0 Å². The predicted molar refractivity (Wildman–Crippen MR) is 74.2 cm³/mol. The molecule has 0 aromatic heterocycles. The second kappa shape index (κ2) is 8.22. The predicted octanol–water partition coefficient (Wildman–Crippen LogP) is 4.97. The first-order valence-corrected chi connectivity index (χ1v) is 6.25. The van der Waals surface area contributed by atoms with Gasteiger partial charge >= 0.3 is 0 Å². The summed E-state index contributed by atoms with van der Waals surface area (Å²) in [4.78, 5) is 0. The first-order valence-electron chi connectivity index (χ1n) is 6.25. The van der Waals surface area contributed by atoms with Crippen molar-refractivity contribution in [3.63, 3.8) is 0 Å². The zero-order valence-corrected chi connectivity index (χ0v) is 11.7. The molecule has 0 aliphatic rings. The Hall–Kier alpha value is -0.960. The maximum absolute atomic E-state index is 3.06. The van der Waals surface area contributed by atoms with E-state index in [1.807, 2.05) is 6.92 Å². The molecule has 0 heterocycles. The van der Waals surface area contributed by atoms with Gasteiger partial charge < -0.3 is 0 Å². The lowest BCUT2D eigenvalue weighted by molar-refractivity contribution is 0.489. The Balaban J connectivity index is 4.29. The van der Waals surface area contributed by atoms with E-state index < -0.39 is 0 Å². The molecular formula is C16H26. The normalized spacial score (nSPS) is 14.7. The Morgan fingerprint density at radius 2 is 1.69 bits per heavy atom. The lowest BCUT2D eigenvalue weighted by atomic mass is 9.93. The minimum Gasteiger partial charge on any atom is -0.102 e. The van der Waals surface area contributed by atoms with E-state index in [1.54, 1.807) is 0 Å². The van der Waals surface area contributed by atoms with E-state index in [1.165, 1.54) is 18.4 Å². The fourth-order valence-electron chi connectivity index (χ4n) is 1.47. The summed E-state index contributed by atoms with van der Waals surface area (Å²) in [6.45, 7) is 13.0. The van der Waals surface area contributed by atoms with E-state index in [0.29, 0.717) is 5.92 Å². The number of hydrogen-bond acceptors (Lipinski definition) is 0. The second-order valence-corrected chi connectivity index (χ2v) is 5.01. The SMILES string of the molecule is CC#CC(C)=CC=C(C)C(C)CCC(C)C. The maximum Gasteiger partial charge on any atom is -0.00109 e. The van der Waals surface area contributed by atoms with Crippen LogP contribution in [0.1, 0.15) is 54.4 Å². The number of hydrogen-bond donors (Lipinski definition) is 0. The molecule has 0 heteroatoms. The lowest BCUT2D eigenvalue weighted by Gasteiger charge is -2.13. The summed E-state index contributed by atoms with van der Waals surface area (Å²) in [7, 11) is 0. The molecule has 1 unspecified atom stereocenters. The summed E-state index contributed by atoms with van der Waals surface area (Å²) in [5, 5.41) is 0. The molecule has 0 bridgehead atoms. The van der Waals surface area contributed by atoms with E-state index in [0.717, 1.165) is 11.5 Å². The Labute approximate surface area is 102 Å². The number of rotatable bonds is 5. The van der Waals surface area contributed by atoms with Crippen LogP contribution < -0.4 is 0 Å². The molecule has 0 saturated heterocycles. The van der Waals surface area contributed by atoms with Gasteiger partial charge in [-0.1, -0.05) is 50.8 Å². The van der Waals surface area contributed by atoms with Crippen LogP contribution in [0.5, 0.6) is 0 Å². The van der Waals surface area contributed by atoms with Gasteiger partial charge in [0.2, 0.25) is 0 Å². The first kappa shape index (κ1) is 15.0. The van der Waals surface area contributed by atoms with Gasteiger partial charge in [0.25, 0.3) is 0 Å². The highest BCUT2D eigenvalue weighted by molar-refractivity contribution is 5.30. The Morgan fingerprint density at radius 3 is 2.19 bits per heavy atom. The molecule has 0 aromatic rings. The van der Waals surface area contributed by atoms with Crippen LogP contribution in [0, 0.1) is 23.7 Å². The van der Waals surface area contributed by atoms with E-state index in [-0.39, 0.29) is 0 Å². The third-order valence-corrected chi connectivity index (χ3v) is 2.87. The van der Waals surface area contributed by atoms with Gasteiger partial charge in [0.1, 0.15) is 0 Å². The van der Waals surface area contributed by atoms with Gasteiger partial charge in [-0.15, -0.1) is 5.92 Å². The third-order valence-electron chi connectivity index (χ3n) is 2.87. The first-order chi connectivity index (χ1) is 7.47. The Morgan fingerprint density at radius 1 is 1.06 bits per heavy atom. The van der Waals surface area contributed by atoms with Crippen LogP contribution in [-0.4, -0.2) is 0 Å². The fraction of sp³-hybridized carbons (Fsp3) is 0.625. The van der Waals surface area contributed by atoms with Crippen LogP contribution in [0.3, 0.4) is 0 Å². The van der Waals surface area contributed by atoms with Crippen LogP contribution in [0.4, 0.5) is 0 Å². The average molecular weight is 218 g/mol. The van der Waals surface area contributed by atoms with Crippen molar-refractivity contribution in [1.82, 2.24) is 0 Å². The zero-order chi connectivity index (χ0) is 12.6. The number of allylic oxidation sites excluding steroid dienone is 4. The van der Waals surface area contributed by atoms with Crippen molar-refractivity contribution in [3.8, 4) is 11.8 Å². The fourth-order valence-corrected chi connectivity index (χ4v) is 1.47. The van der Waals surface area contributed by atoms with E-state index in [2.05, 4.69) is 58.6 Å². The standard InChI is InChI=1S/C16H26/c1-7-8-14(4)10-12-16(6)15(5)11-9-13(2)3/h10,12-13,15H,9,11H2,1-6H3. The van der Waals surface area contributed by atoms with Gasteiger partial charge in [0.05, 0.1) is 0 Å². The second-order valence-electron chi connectivity index (χ2n) is 5.01. The average Bonchev–Trinajstić information content (AvgIpc) is 2.22. The molecule has 0 aliphatic carbocycles. The monoisotopic (exact) mass is 218 g/mol. The van der Waals surface area contributed by atoms with Gasteiger partial charge in [0.15, 0.2) is 0 Å². The minimum atomic E-state index is 0.682. The smallest absolute Gasteiger partial charge is 0.00109 e. The quantitative estimate of drug-likeness (QED) is 0.451. The van der Waals surface area contributed by atoms with Crippen molar-refractivity contribution in [2.45, 2.75) is 54.4 Å². The van der Waals surface area contributed by atoms with Crippen LogP contribution in [0.2, 0.25) is 0 Å². The van der Waals surface area contributed by atoms with E-state index in [9.17, 15) is 0 Å². The summed E-state index contributed by atoms with van der Waals surface area (Å²) in [6.07, 6.45) is 6.93. The summed E-state index contributed by atoms with van der Waals surface area (Å²) < 4.78 is 0. The van der Waals surface area contributed by atoms with Crippen molar-refractivity contribution in [2.24, 2.45) is 11.8 Å². The molecule has 0 radical (unpaired) electrons. The van der Waals surface area contributed by atoms with Crippen molar-refractivity contribution in [3.05, 3.63) is 23.3 Å². The van der Waals surface area contributed by atoms with Crippen molar-refractivity contribution in [1.29, 1.82) is 0 Å². The summed E-state index contributed by atoms with van der Waals surface area (Å²) in [6, 6.07) is 0.